The van der Waals surface area contributed by atoms with Crippen molar-refractivity contribution in [1.29, 1.82) is 0 Å². The van der Waals surface area contributed by atoms with Gasteiger partial charge >= 0.3 is 5.97 Å². The van der Waals surface area contributed by atoms with Crippen LogP contribution in [-0.2, 0) is 28.8 Å². The molecule has 5 aliphatic carbocycles. The quantitative estimate of drug-likeness (QED) is 0.0549. The summed E-state index contributed by atoms with van der Waals surface area (Å²) >= 11 is 0. The predicted octanol–water partition coefficient (Wildman–Crippen LogP) is 2.53. The number of carboxylic acids is 1. The molecule has 404 valence electrons. The lowest BCUT2D eigenvalue weighted by molar-refractivity contribution is -0.204. The van der Waals surface area contributed by atoms with Crippen molar-refractivity contribution < 1.29 is 54.3 Å². The number of hydrogen-bond donors (Lipinski definition) is 12. The molecule has 4 saturated carbocycles. The zero-order valence-corrected chi connectivity index (χ0v) is 44.2. The van der Waals surface area contributed by atoms with Crippen molar-refractivity contribution in [3.63, 3.8) is 0 Å². The van der Waals surface area contributed by atoms with E-state index in [2.05, 4.69) is 81.1 Å². The lowest BCUT2D eigenvalue weighted by atomic mass is 9.33. The number of rotatable bonds is 22. The second-order valence-corrected chi connectivity index (χ2v) is 23.9. The summed E-state index contributed by atoms with van der Waals surface area (Å²) in [5, 5.41) is 64.6. The van der Waals surface area contributed by atoms with Gasteiger partial charge in [0.2, 0.25) is 29.5 Å². The maximum Gasteiger partial charge on any atom is 0.328 e. The fourth-order valence-corrected chi connectivity index (χ4v) is 14.7. The van der Waals surface area contributed by atoms with Gasteiger partial charge in [-0.3, -0.25) is 24.0 Å². The van der Waals surface area contributed by atoms with Crippen LogP contribution in [0, 0.1) is 56.7 Å². The van der Waals surface area contributed by atoms with E-state index >= 15 is 4.79 Å². The normalized spacial score (nSPS) is 34.8. The van der Waals surface area contributed by atoms with Crippen molar-refractivity contribution in [2.75, 3.05) is 19.7 Å². The summed E-state index contributed by atoms with van der Waals surface area (Å²) in [6.45, 7) is 18.7. The Morgan fingerprint density at radius 3 is 1.76 bits per heavy atom. The van der Waals surface area contributed by atoms with Crippen molar-refractivity contribution >= 4 is 35.5 Å². The first-order valence-electron chi connectivity index (χ1n) is 26.7. The van der Waals surface area contributed by atoms with Gasteiger partial charge in [0.05, 0.1) is 30.3 Å². The third kappa shape index (κ3) is 11.4. The summed E-state index contributed by atoms with van der Waals surface area (Å²) < 4.78 is 0. The molecule has 0 unspecified atom stereocenters. The lowest BCUT2D eigenvalue weighted by Gasteiger charge is -2.71. The minimum absolute atomic E-state index is 0.0122. The van der Waals surface area contributed by atoms with E-state index in [0.29, 0.717) is 62.8 Å². The maximum absolute atomic E-state index is 15.4. The molecule has 0 aromatic heterocycles. The standard InChI is InChI=1S/C53H91N7O11/c1-29-18-23-53(25-24-51(8)33(40(53)30(29)2)16-17-38-50(7)21-20-39(64)49(5,6)37(50)19-22-52(38,51)9)48(71)58-35(15-11-13-27-55)44(66)59-42(32(4)63)46(68)60-41(31(3)62)45(67)56-34(14-10-12-26-54)43(65)57-36(28-61)47(69)70/h16,29-32,34-42,61-64H,10-15,17-28,54-55H2,1-9H3,(H,56,67)(H,57,65)(H,58,71)(H,59,66)(H,60,68)(H,69,70)/t29-,30+,31-,32-,34+,35+,36+,37+,38-,39+,40+,41+,42+,50+,51-,52-,53+/m1/s1. The van der Waals surface area contributed by atoms with Crippen molar-refractivity contribution in [2.24, 2.45) is 68.1 Å². The van der Waals surface area contributed by atoms with E-state index in [-0.39, 0.29) is 64.9 Å². The topological polar surface area (TPSA) is 316 Å². The predicted molar refractivity (Wildman–Crippen MR) is 269 cm³/mol. The smallest absolute Gasteiger partial charge is 0.328 e. The molecule has 0 aliphatic heterocycles. The van der Waals surface area contributed by atoms with Gasteiger partial charge in [0.1, 0.15) is 30.2 Å². The molecule has 18 heteroatoms. The highest BCUT2D eigenvalue weighted by Gasteiger charge is 2.69. The average molecular weight is 1000 g/mol. The molecule has 0 aromatic carbocycles. The van der Waals surface area contributed by atoms with Crippen LogP contribution in [0.5, 0.6) is 0 Å². The van der Waals surface area contributed by atoms with Gasteiger partial charge in [0, 0.05) is 0 Å². The summed E-state index contributed by atoms with van der Waals surface area (Å²) in [5.74, 6) is -4.07. The summed E-state index contributed by atoms with van der Waals surface area (Å²) in [7, 11) is 0. The monoisotopic (exact) mass is 1000 g/mol. The van der Waals surface area contributed by atoms with Gasteiger partial charge < -0.3 is 63.6 Å². The molecule has 0 spiro atoms. The van der Waals surface area contributed by atoms with Crippen molar-refractivity contribution in [2.45, 2.75) is 207 Å². The number of unbranched alkanes of at least 4 members (excludes halogenated alkanes) is 2. The molecule has 0 radical (unpaired) electrons. The van der Waals surface area contributed by atoms with Crippen LogP contribution in [0.15, 0.2) is 11.6 Å². The molecule has 71 heavy (non-hydrogen) atoms. The van der Waals surface area contributed by atoms with Crippen molar-refractivity contribution in [1.82, 2.24) is 26.6 Å². The van der Waals surface area contributed by atoms with Crippen LogP contribution in [0.1, 0.15) is 159 Å². The molecular formula is C53H91N7O11. The van der Waals surface area contributed by atoms with Crippen LogP contribution in [0.3, 0.4) is 0 Å². The average Bonchev–Trinajstić information content (AvgIpc) is 3.30. The number of aliphatic hydroxyl groups excluding tert-OH is 4. The van der Waals surface area contributed by atoms with Gasteiger partial charge in [-0.2, -0.15) is 0 Å². The molecule has 18 nitrogen and oxygen atoms in total. The van der Waals surface area contributed by atoms with E-state index in [1.807, 2.05) is 0 Å². The minimum Gasteiger partial charge on any atom is -0.480 e. The second-order valence-electron chi connectivity index (χ2n) is 23.9. The molecule has 5 aliphatic rings. The molecular weight excluding hydrogens is 911 g/mol. The van der Waals surface area contributed by atoms with E-state index in [1.54, 1.807) is 0 Å². The van der Waals surface area contributed by atoms with Gasteiger partial charge in [0.25, 0.3) is 0 Å². The van der Waals surface area contributed by atoms with Crippen LogP contribution in [0.4, 0.5) is 0 Å². The Labute approximate surface area is 421 Å². The van der Waals surface area contributed by atoms with Crippen LogP contribution in [-0.4, -0.2) is 129 Å². The fraction of sp³-hybridized carbons (Fsp3) is 0.849. The largest absolute Gasteiger partial charge is 0.480 e. The zero-order chi connectivity index (χ0) is 53.0. The summed E-state index contributed by atoms with van der Waals surface area (Å²) in [5.41, 5.74) is 11.8. The Balaban J connectivity index is 1.38. The first-order valence-corrected chi connectivity index (χ1v) is 26.7. The number of carboxylic acid groups (broad SMARTS) is 1. The van der Waals surface area contributed by atoms with E-state index in [9.17, 15) is 49.5 Å². The number of hydrogen-bond acceptors (Lipinski definition) is 12. The highest BCUT2D eigenvalue weighted by Crippen LogP contribution is 2.75. The molecule has 0 bridgehead atoms. The molecule has 0 saturated heterocycles. The fourth-order valence-electron chi connectivity index (χ4n) is 14.7. The van der Waals surface area contributed by atoms with Gasteiger partial charge in [-0.1, -0.05) is 60.1 Å². The number of carbonyl (C=O) groups excluding carboxylic acids is 5. The maximum atomic E-state index is 15.4. The third-order valence-corrected chi connectivity index (χ3v) is 19.5. The van der Waals surface area contributed by atoms with Gasteiger partial charge in [-0.15, -0.1) is 0 Å². The van der Waals surface area contributed by atoms with E-state index in [4.69, 9.17) is 11.5 Å². The summed E-state index contributed by atoms with van der Waals surface area (Å²) in [6.07, 6.45) is 8.98. The van der Waals surface area contributed by atoms with Crippen LogP contribution in [0.2, 0.25) is 0 Å². The molecule has 17 atom stereocenters. The summed E-state index contributed by atoms with van der Waals surface area (Å²) in [4.78, 5) is 82.2. The Hall–Kier alpha value is -3.68. The number of amides is 5. The number of carbonyl (C=O) groups is 6. The number of aliphatic hydroxyl groups is 4. The van der Waals surface area contributed by atoms with Gasteiger partial charge in [-0.05, 0) is 174 Å². The number of fused-ring (bicyclic) bond motifs is 7. The molecule has 4 fully saturated rings. The highest BCUT2D eigenvalue weighted by molar-refractivity contribution is 5.97. The van der Waals surface area contributed by atoms with E-state index < -0.39 is 84.0 Å². The molecule has 5 amide bonds. The Morgan fingerprint density at radius 2 is 1.21 bits per heavy atom. The summed E-state index contributed by atoms with van der Waals surface area (Å²) in [6, 6.07) is -7.45. The zero-order valence-electron chi connectivity index (χ0n) is 44.2. The number of nitrogens with one attached hydrogen (secondary N) is 5. The lowest BCUT2D eigenvalue weighted by Crippen LogP contribution is -2.66. The van der Waals surface area contributed by atoms with Crippen LogP contribution in [0.25, 0.3) is 0 Å². The minimum atomic E-state index is -1.70. The second kappa shape index (κ2) is 23.3. The SMILES string of the molecule is C[C@H]1[C@H](C)CC[C@]2(C(=O)N[C@@H](CCCCN)C(=O)N[C@H](C(=O)N[C@H](C(=O)N[C@@H](CCCCN)C(=O)N[C@@H](CO)C(=O)O)[C@@H](C)O)[C@@H](C)O)CC[C@]3(C)C(=CC[C@@H]4[C@@]5(C)CC[C@H](O)C(C)(C)[C@@H]5CC[C@]43C)[C@H]12. The first-order chi connectivity index (χ1) is 33.2. The Morgan fingerprint density at radius 1 is 0.676 bits per heavy atom. The van der Waals surface area contributed by atoms with E-state index in [0.717, 1.165) is 44.9 Å². The number of nitrogens with two attached hydrogens (primary N) is 2. The first kappa shape index (κ1) is 58.2. The molecule has 5 rings (SSSR count). The van der Waals surface area contributed by atoms with Crippen LogP contribution < -0.4 is 38.1 Å². The number of allylic oxidation sites excluding steroid dienone is 2. The van der Waals surface area contributed by atoms with Crippen molar-refractivity contribution in [3.8, 4) is 0 Å². The highest BCUT2D eigenvalue weighted by atomic mass is 16.4. The Kier molecular flexibility index (Phi) is 19.1. The van der Waals surface area contributed by atoms with Gasteiger partial charge in [-0.25, -0.2) is 4.79 Å². The van der Waals surface area contributed by atoms with Crippen molar-refractivity contribution in [3.05, 3.63) is 11.6 Å². The molecule has 0 heterocycles. The van der Waals surface area contributed by atoms with Gasteiger partial charge in [0.15, 0.2) is 0 Å². The van der Waals surface area contributed by atoms with E-state index in [1.165, 1.54) is 19.4 Å². The number of aliphatic carboxylic acids is 1. The molecule has 14 N–H and O–H groups in total. The molecule has 0 aromatic rings. The van der Waals surface area contributed by atoms with Crippen LogP contribution >= 0.6 is 0 Å². The third-order valence-electron chi connectivity index (χ3n) is 19.5. The Bertz CT molecular complexity index is 1970.